The quantitative estimate of drug-likeness (QED) is 0.245. The molecule has 0 atom stereocenters. The Labute approximate surface area is 209 Å². The molecule has 1 aliphatic carbocycles. The smallest absolute Gasteiger partial charge is 0.282 e. The zero-order valence-electron chi connectivity index (χ0n) is 17.7. The van der Waals surface area contributed by atoms with Gasteiger partial charge in [-0.05, 0) is 65.2 Å². The van der Waals surface area contributed by atoms with Gasteiger partial charge in [0.05, 0.1) is 21.6 Å². The van der Waals surface area contributed by atoms with Gasteiger partial charge in [-0.15, -0.1) is 0 Å². The normalized spacial score (nSPS) is 15.0. The molecular formula is C25H21BrClN3O2S. The third kappa shape index (κ3) is 4.95. The second kappa shape index (κ2) is 9.87. The van der Waals surface area contributed by atoms with Crippen LogP contribution in [-0.2, 0) is 0 Å². The van der Waals surface area contributed by atoms with E-state index in [-0.39, 0.29) is 11.5 Å². The van der Waals surface area contributed by atoms with Gasteiger partial charge < -0.3 is 4.42 Å². The second-order valence-electron chi connectivity index (χ2n) is 8.02. The Morgan fingerprint density at radius 1 is 1.12 bits per heavy atom. The molecule has 168 valence electrons. The average molecular weight is 543 g/mol. The Bertz CT molecular complexity index is 1370. The van der Waals surface area contributed by atoms with E-state index in [0.29, 0.717) is 21.3 Å². The summed E-state index contributed by atoms with van der Waals surface area (Å²) in [7, 11) is 0. The number of benzene rings is 2. The molecule has 4 aromatic rings. The number of hydrogen-bond donors (Lipinski definition) is 0. The molecule has 2 heterocycles. The van der Waals surface area contributed by atoms with Gasteiger partial charge in [0, 0.05) is 21.9 Å². The molecule has 0 N–H and O–H groups in total. The van der Waals surface area contributed by atoms with E-state index in [1.807, 2.05) is 48.5 Å². The summed E-state index contributed by atoms with van der Waals surface area (Å²) < 4.78 is 8.26. The van der Waals surface area contributed by atoms with E-state index in [1.165, 1.54) is 22.9 Å². The third-order valence-electron chi connectivity index (χ3n) is 5.75. The summed E-state index contributed by atoms with van der Waals surface area (Å²) in [5.41, 5.74) is 0.565. The number of para-hydroxylation sites is 1. The lowest BCUT2D eigenvalue weighted by Crippen LogP contribution is -2.25. The molecule has 0 radical (unpaired) electrons. The minimum absolute atomic E-state index is 0.154. The van der Waals surface area contributed by atoms with Gasteiger partial charge in [0.15, 0.2) is 5.09 Å². The molecule has 1 aliphatic rings. The van der Waals surface area contributed by atoms with E-state index >= 15 is 0 Å². The molecule has 0 amide bonds. The molecule has 0 spiro atoms. The molecule has 1 saturated carbocycles. The molecule has 2 aromatic heterocycles. The van der Waals surface area contributed by atoms with E-state index in [2.05, 4.69) is 21.0 Å². The lowest BCUT2D eigenvalue weighted by molar-refractivity contribution is 0.416. The van der Waals surface area contributed by atoms with Gasteiger partial charge >= 0.3 is 0 Å². The molecule has 8 heteroatoms. The summed E-state index contributed by atoms with van der Waals surface area (Å²) in [6.07, 6.45) is 7.15. The van der Waals surface area contributed by atoms with Crippen molar-refractivity contribution in [1.29, 1.82) is 0 Å². The second-order valence-corrected chi connectivity index (χ2v) is 10.4. The van der Waals surface area contributed by atoms with Crippen molar-refractivity contribution in [2.24, 2.45) is 5.10 Å². The van der Waals surface area contributed by atoms with Gasteiger partial charge in [0.25, 0.3) is 5.56 Å². The number of furan rings is 1. The largest absolute Gasteiger partial charge is 0.447 e. The van der Waals surface area contributed by atoms with Crippen LogP contribution in [0.5, 0.6) is 0 Å². The van der Waals surface area contributed by atoms with E-state index < -0.39 is 0 Å². The van der Waals surface area contributed by atoms with Gasteiger partial charge in [-0.1, -0.05) is 54.8 Å². The highest BCUT2D eigenvalue weighted by molar-refractivity contribution is 9.10. The van der Waals surface area contributed by atoms with Crippen LogP contribution in [0.4, 0.5) is 0 Å². The van der Waals surface area contributed by atoms with Gasteiger partial charge in [-0.3, -0.25) is 4.79 Å². The Kier molecular flexibility index (Phi) is 6.71. The number of nitrogens with zero attached hydrogens (tertiary/aromatic N) is 3. The van der Waals surface area contributed by atoms with Gasteiger partial charge in [-0.25, -0.2) is 4.98 Å². The van der Waals surface area contributed by atoms with Crippen molar-refractivity contribution in [3.05, 3.63) is 86.0 Å². The van der Waals surface area contributed by atoms with Crippen LogP contribution in [0.25, 0.3) is 10.9 Å². The zero-order valence-corrected chi connectivity index (χ0v) is 20.9. The van der Waals surface area contributed by atoms with Crippen LogP contribution in [0.2, 0.25) is 5.02 Å². The molecule has 0 bridgehead atoms. The zero-order chi connectivity index (χ0) is 22.8. The van der Waals surface area contributed by atoms with Crippen LogP contribution in [0.3, 0.4) is 0 Å². The van der Waals surface area contributed by atoms with Crippen LogP contribution in [0.1, 0.15) is 49.6 Å². The number of aromatic nitrogens is 2. The molecule has 0 unspecified atom stereocenters. The van der Waals surface area contributed by atoms with E-state index in [4.69, 9.17) is 21.0 Å². The summed E-state index contributed by atoms with van der Waals surface area (Å²) in [6, 6.07) is 16.9. The minimum Gasteiger partial charge on any atom is -0.447 e. The maximum atomic E-state index is 13.3. The number of hydrogen-bond acceptors (Lipinski definition) is 5. The first-order valence-corrected chi connectivity index (χ1v) is 12.9. The van der Waals surface area contributed by atoms with Crippen molar-refractivity contribution < 1.29 is 4.42 Å². The molecule has 5 rings (SSSR count). The monoisotopic (exact) mass is 541 g/mol. The summed E-state index contributed by atoms with van der Waals surface area (Å²) >= 11 is 11.0. The Hall–Kier alpha value is -2.35. The summed E-state index contributed by atoms with van der Waals surface area (Å²) in [6.45, 7) is 0. The molecule has 2 aromatic carbocycles. The van der Waals surface area contributed by atoms with Gasteiger partial charge in [-0.2, -0.15) is 9.78 Å². The van der Waals surface area contributed by atoms with Crippen molar-refractivity contribution in [2.75, 3.05) is 0 Å². The van der Waals surface area contributed by atoms with Gasteiger partial charge in [0.1, 0.15) is 11.6 Å². The summed E-state index contributed by atoms with van der Waals surface area (Å²) in [4.78, 5) is 19.2. The van der Waals surface area contributed by atoms with E-state index in [0.717, 1.165) is 46.4 Å². The van der Waals surface area contributed by atoms with Crippen LogP contribution in [-0.4, -0.2) is 15.9 Å². The van der Waals surface area contributed by atoms with Gasteiger partial charge in [0.2, 0.25) is 0 Å². The minimum atomic E-state index is -0.154. The van der Waals surface area contributed by atoms with Crippen LogP contribution in [0.15, 0.2) is 83.4 Å². The maximum Gasteiger partial charge on any atom is 0.282 e. The maximum absolute atomic E-state index is 13.3. The Morgan fingerprint density at radius 2 is 1.88 bits per heavy atom. The topological polar surface area (TPSA) is 60.4 Å². The van der Waals surface area contributed by atoms with Crippen molar-refractivity contribution in [3.63, 3.8) is 0 Å². The van der Waals surface area contributed by atoms with Crippen molar-refractivity contribution in [2.45, 2.75) is 48.0 Å². The number of rotatable bonds is 5. The lowest BCUT2D eigenvalue weighted by Gasteiger charge is -2.22. The first-order chi connectivity index (χ1) is 16.1. The van der Waals surface area contributed by atoms with Crippen LogP contribution < -0.4 is 5.56 Å². The molecular weight excluding hydrogens is 522 g/mol. The predicted molar refractivity (Wildman–Crippen MR) is 137 cm³/mol. The fourth-order valence-electron chi connectivity index (χ4n) is 4.10. The van der Waals surface area contributed by atoms with Crippen molar-refractivity contribution in [1.82, 2.24) is 9.66 Å². The lowest BCUT2D eigenvalue weighted by atomic mass is 9.88. The SMILES string of the molecule is O=c1c2ccccc2nc(C2CCCCC2)n1N=Cc1cc(Br)c(Sc2ccc(Cl)cc2)o1. The van der Waals surface area contributed by atoms with Crippen molar-refractivity contribution >= 4 is 56.4 Å². The summed E-state index contributed by atoms with van der Waals surface area (Å²) in [5, 5.41) is 6.51. The molecule has 0 aliphatic heterocycles. The fourth-order valence-corrected chi connectivity index (χ4v) is 5.56. The van der Waals surface area contributed by atoms with Crippen molar-refractivity contribution in [3.8, 4) is 0 Å². The first kappa shape index (κ1) is 22.4. The van der Waals surface area contributed by atoms with Crippen LogP contribution >= 0.6 is 39.3 Å². The highest BCUT2D eigenvalue weighted by Crippen LogP contribution is 2.36. The highest BCUT2D eigenvalue weighted by Gasteiger charge is 2.22. The van der Waals surface area contributed by atoms with Crippen LogP contribution in [0, 0.1) is 0 Å². The standard InChI is InChI=1S/C25H21BrClN3O2S/c26-21-14-18(32-25(21)33-19-12-10-17(27)11-13-19)15-28-30-23(16-6-2-1-3-7-16)29-22-9-5-4-8-20(22)24(30)31/h4-5,8-16H,1-3,6-7H2. The Morgan fingerprint density at radius 3 is 2.67 bits per heavy atom. The average Bonchev–Trinajstić information content (AvgIpc) is 3.19. The highest BCUT2D eigenvalue weighted by atomic mass is 79.9. The first-order valence-electron chi connectivity index (χ1n) is 10.9. The van der Waals surface area contributed by atoms with E-state index in [1.54, 1.807) is 12.3 Å². The predicted octanol–water partition coefficient (Wildman–Crippen LogP) is 7.49. The Balaban J connectivity index is 1.49. The summed E-state index contributed by atoms with van der Waals surface area (Å²) in [5.74, 6) is 1.51. The molecule has 0 saturated heterocycles. The molecule has 1 fully saturated rings. The van der Waals surface area contributed by atoms with E-state index in [9.17, 15) is 4.79 Å². The molecule has 5 nitrogen and oxygen atoms in total. The number of halogens is 2. The molecule has 33 heavy (non-hydrogen) atoms. The fraction of sp³-hybridized carbons (Fsp3) is 0.240. The number of fused-ring (bicyclic) bond motifs is 1. The third-order valence-corrected chi connectivity index (χ3v) is 7.85.